The van der Waals surface area contributed by atoms with Crippen LogP contribution in [0, 0.1) is 0 Å². The number of carbonyl (C=O) groups excluding carboxylic acids is 1. The summed E-state index contributed by atoms with van der Waals surface area (Å²) in [7, 11) is 0. The monoisotopic (exact) mass is 773 g/mol. The molecule has 2 saturated heterocycles. The van der Waals surface area contributed by atoms with E-state index in [1.54, 1.807) is 0 Å². The minimum atomic E-state index is -0.478. The smallest absolute Gasteiger partial charge is 0.230 e. The molecule has 58 heavy (non-hydrogen) atoms. The Balaban J connectivity index is 1.05. The first kappa shape index (κ1) is 39.4. The average Bonchev–Trinajstić information content (AvgIpc) is 3.28. The molecule has 8 rings (SSSR count). The van der Waals surface area contributed by atoms with Gasteiger partial charge in [-0.1, -0.05) is 164 Å². The van der Waals surface area contributed by atoms with Crippen molar-refractivity contribution in [3.05, 3.63) is 209 Å². The Labute approximate surface area is 342 Å². The molecule has 2 aliphatic rings. The molecular formula is C51H51NO6. The van der Waals surface area contributed by atoms with E-state index >= 15 is 0 Å². The van der Waals surface area contributed by atoms with E-state index in [-0.39, 0.29) is 18.1 Å². The van der Waals surface area contributed by atoms with Gasteiger partial charge in [0.2, 0.25) is 5.91 Å². The van der Waals surface area contributed by atoms with Gasteiger partial charge in [-0.05, 0) is 58.4 Å². The van der Waals surface area contributed by atoms with Crippen LogP contribution in [0.25, 0.3) is 0 Å². The summed E-state index contributed by atoms with van der Waals surface area (Å²) in [6.07, 6.45) is -0.136. The van der Waals surface area contributed by atoms with Crippen LogP contribution in [0.15, 0.2) is 176 Å². The lowest BCUT2D eigenvalue weighted by Gasteiger charge is -2.46. The van der Waals surface area contributed by atoms with Crippen molar-refractivity contribution in [2.75, 3.05) is 11.5 Å². The van der Waals surface area contributed by atoms with Crippen LogP contribution in [0.3, 0.4) is 0 Å². The Morgan fingerprint density at radius 2 is 0.931 bits per heavy atom. The van der Waals surface area contributed by atoms with Crippen molar-refractivity contribution in [2.45, 2.75) is 82.3 Å². The average molecular weight is 774 g/mol. The van der Waals surface area contributed by atoms with Gasteiger partial charge in [0, 0.05) is 5.69 Å². The molecule has 0 spiro atoms. The third-order valence-corrected chi connectivity index (χ3v) is 11.0. The zero-order chi connectivity index (χ0) is 39.4. The minimum Gasteiger partial charge on any atom is -0.374 e. The summed E-state index contributed by atoms with van der Waals surface area (Å²) in [6.45, 7) is 1.99. The van der Waals surface area contributed by atoms with Gasteiger partial charge in [-0.25, -0.2) is 0 Å². The largest absolute Gasteiger partial charge is 0.374 e. The van der Waals surface area contributed by atoms with Crippen LogP contribution >= 0.6 is 0 Å². The molecule has 2 heterocycles. The number of aryl methyl sites for hydroxylation is 1. The lowest BCUT2D eigenvalue weighted by Crippen LogP contribution is -2.61. The predicted molar refractivity (Wildman–Crippen MR) is 226 cm³/mol. The van der Waals surface area contributed by atoms with Crippen molar-refractivity contribution >= 4 is 11.6 Å². The van der Waals surface area contributed by atoms with Gasteiger partial charge in [-0.3, -0.25) is 4.79 Å². The second kappa shape index (κ2) is 19.8. The van der Waals surface area contributed by atoms with E-state index in [1.165, 1.54) is 5.56 Å². The maximum absolute atomic E-state index is 12.7. The summed E-state index contributed by atoms with van der Waals surface area (Å²) in [5.74, 6) is 0.147. The maximum Gasteiger partial charge on any atom is 0.230 e. The van der Waals surface area contributed by atoms with Gasteiger partial charge in [0.05, 0.1) is 51.6 Å². The number of benzene rings is 6. The second-order valence-electron chi connectivity index (χ2n) is 15.1. The molecule has 6 unspecified atom stereocenters. The summed E-state index contributed by atoms with van der Waals surface area (Å²) < 4.78 is 34.2. The molecule has 0 aromatic heterocycles. The second-order valence-corrected chi connectivity index (χ2v) is 15.1. The SMILES string of the molecule is O=C1CC(c2ccc(CCC3OC(COCc4ccccc4)C(OCc4ccccc4)C(OCc4ccccc4)C3OCc3ccccc3)cc2)N1c1ccccc1. The first-order valence-electron chi connectivity index (χ1n) is 20.4. The number of ether oxygens (including phenoxy) is 5. The molecule has 296 valence electrons. The number of rotatable bonds is 18. The fourth-order valence-electron chi connectivity index (χ4n) is 7.93. The van der Waals surface area contributed by atoms with Crippen molar-refractivity contribution in [1.82, 2.24) is 0 Å². The van der Waals surface area contributed by atoms with Gasteiger partial charge in [0.25, 0.3) is 0 Å². The van der Waals surface area contributed by atoms with E-state index in [2.05, 4.69) is 72.8 Å². The van der Waals surface area contributed by atoms with Crippen molar-refractivity contribution < 1.29 is 28.5 Å². The topological polar surface area (TPSA) is 66.5 Å². The molecule has 6 aromatic rings. The van der Waals surface area contributed by atoms with Crippen LogP contribution in [0.1, 0.15) is 52.3 Å². The highest BCUT2D eigenvalue weighted by Crippen LogP contribution is 2.39. The zero-order valence-corrected chi connectivity index (χ0v) is 32.8. The van der Waals surface area contributed by atoms with E-state index in [0.29, 0.717) is 45.9 Å². The molecule has 0 saturated carbocycles. The van der Waals surface area contributed by atoms with E-state index in [4.69, 9.17) is 23.7 Å². The molecule has 0 aliphatic carbocycles. The minimum absolute atomic E-state index is 0.0355. The summed E-state index contributed by atoms with van der Waals surface area (Å²) in [5.41, 5.74) is 7.57. The van der Waals surface area contributed by atoms with Crippen LogP contribution in [-0.4, -0.2) is 43.0 Å². The standard InChI is InChI=1S/C51H51NO6/c53-48-32-45(52(48)44-24-14-5-15-25-44)43-29-26-38(27-30-43)28-31-46-49(55-34-40-18-8-2-9-19-40)51(57-36-42-22-12-4-13-23-42)50(56-35-41-20-10-3-11-21-41)47(58-46)37-54-33-39-16-6-1-7-17-39/h1-27,29-30,45-47,49-51H,28,31-37H2. The first-order valence-corrected chi connectivity index (χ1v) is 20.4. The van der Waals surface area contributed by atoms with Crippen LogP contribution in [0.4, 0.5) is 5.69 Å². The Kier molecular flexibility index (Phi) is 13.5. The van der Waals surface area contributed by atoms with E-state index < -0.39 is 24.4 Å². The number of hydrogen-bond donors (Lipinski definition) is 0. The number of nitrogens with zero attached hydrogens (tertiary/aromatic N) is 1. The molecular weight excluding hydrogens is 723 g/mol. The summed E-state index contributed by atoms with van der Waals surface area (Å²) in [6, 6.07) is 59.5. The Morgan fingerprint density at radius 3 is 1.43 bits per heavy atom. The molecule has 0 radical (unpaired) electrons. The molecule has 7 nitrogen and oxygen atoms in total. The van der Waals surface area contributed by atoms with Crippen LogP contribution in [-0.2, 0) is 61.3 Å². The molecule has 6 aromatic carbocycles. The van der Waals surface area contributed by atoms with Gasteiger partial charge in [-0.2, -0.15) is 0 Å². The van der Waals surface area contributed by atoms with E-state index in [0.717, 1.165) is 39.9 Å². The van der Waals surface area contributed by atoms with Crippen LogP contribution in [0.5, 0.6) is 0 Å². The fraction of sp³-hybridized carbons (Fsp3) is 0.275. The third kappa shape index (κ3) is 10.2. The summed E-state index contributed by atoms with van der Waals surface area (Å²) in [4.78, 5) is 14.6. The number of para-hydroxylation sites is 1. The van der Waals surface area contributed by atoms with Crippen molar-refractivity contribution in [2.24, 2.45) is 0 Å². The summed E-state index contributed by atoms with van der Waals surface area (Å²) in [5, 5.41) is 0. The lowest BCUT2D eigenvalue weighted by atomic mass is 9.89. The zero-order valence-electron chi connectivity index (χ0n) is 32.8. The molecule has 1 amide bonds. The van der Waals surface area contributed by atoms with Gasteiger partial charge in [0.15, 0.2) is 0 Å². The third-order valence-electron chi connectivity index (χ3n) is 11.0. The van der Waals surface area contributed by atoms with E-state index in [9.17, 15) is 4.79 Å². The highest BCUT2D eigenvalue weighted by Gasteiger charge is 2.48. The number of anilines is 1. The van der Waals surface area contributed by atoms with Gasteiger partial charge in [0.1, 0.15) is 24.4 Å². The van der Waals surface area contributed by atoms with Gasteiger partial charge < -0.3 is 28.6 Å². The van der Waals surface area contributed by atoms with E-state index in [1.807, 2.05) is 108 Å². The Morgan fingerprint density at radius 1 is 0.483 bits per heavy atom. The molecule has 7 heteroatoms. The molecule has 6 atom stereocenters. The van der Waals surface area contributed by atoms with Crippen molar-refractivity contribution in [1.29, 1.82) is 0 Å². The summed E-state index contributed by atoms with van der Waals surface area (Å²) >= 11 is 0. The lowest BCUT2D eigenvalue weighted by molar-refractivity contribution is -0.273. The number of hydrogen-bond acceptors (Lipinski definition) is 6. The maximum atomic E-state index is 12.7. The molecule has 2 aliphatic heterocycles. The number of carbonyl (C=O) groups is 1. The van der Waals surface area contributed by atoms with Crippen LogP contribution < -0.4 is 4.90 Å². The molecule has 0 N–H and O–H groups in total. The fourth-order valence-corrected chi connectivity index (χ4v) is 7.93. The number of amides is 1. The Hall–Kier alpha value is -5.41. The van der Waals surface area contributed by atoms with Crippen molar-refractivity contribution in [3.63, 3.8) is 0 Å². The number of β-lactam (4-membered cyclic amide) rings is 1. The van der Waals surface area contributed by atoms with Gasteiger partial charge in [-0.15, -0.1) is 0 Å². The molecule has 2 fully saturated rings. The highest BCUT2D eigenvalue weighted by atomic mass is 16.6. The van der Waals surface area contributed by atoms with Gasteiger partial charge >= 0.3 is 0 Å². The highest BCUT2D eigenvalue weighted by molar-refractivity contribution is 6.01. The quantitative estimate of drug-likeness (QED) is 0.0811. The van der Waals surface area contributed by atoms with Crippen LogP contribution in [0.2, 0.25) is 0 Å². The predicted octanol–water partition coefficient (Wildman–Crippen LogP) is 9.84. The normalized spacial score (nSPS) is 21.7. The van der Waals surface area contributed by atoms with Crippen molar-refractivity contribution in [3.8, 4) is 0 Å². The molecule has 0 bridgehead atoms. The Bertz CT molecular complexity index is 2120. The first-order chi connectivity index (χ1) is 28.7.